The van der Waals surface area contributed by atoms with Crippen molar-refractivity contribution < 1.29 is 19.0 Å². The van der Waals surface area contributed by atoms with Gasteiger partial charge in [-0.15, -0.1) is 0 Å². The molecule has 126 valence electrons. The van der Waals surface area contributed by atoms with E-state index < -0.39 is 0 Å². The van der Waals surface area contributed by atoms with E-state index in [1.165, 1.54) is 32.8 Å². The fraction of sp³-hybridized carbons (Fsp3) is 0.611. The molecule has 2 atom stereocenters. The van der Waals surface area contributed by atoms with Gasteiger partial charge in [-0.2, -0.15) is 0 Å². The van der Waals surface area contributed by atoms with Gasteiger partial charge in [-0.25, -0.2) is 4.79 Å². The van der Waals surface area contributed by atoms with Crippen molar-refractivity contribution in [2.45, 2.75) is 37.8 Å². The molecule has 5 heteroatoms. The van der Waals surface area contributed by atoms with E-state index in [0.29, 0.717) is 24.3 Å². The van der Waals surface area contributed by atoms with E-state index in [9.17, 15) is 4.79 Å². The van der Waals surface area contributed by atoms with Gasteiger partial charge in [0.1, 0.15) is 12.4 Å². The van der Waals surface area contributed by atoms with Gasteiger partial charge >= 0.3 is 5.97 Å². The van der Waals surface area contributed by atoms with Crippen LogP contribution in [0.2, 0.25) is 0 Å². The molecule has 3 rings (SSSR count). The number of ether oxygens (including phenoxy) is 3. The number of hydrogen-bond acceptors (Lipinski definition) is 5. The molecule has 2 aliphatic rings. The van der Waals surface area contributed by atoms with E-state index >= 15 is 0 Å². The van der Waals surface area contributed by atoms with E-state index in [2.05, 4.69) is 9.64 Å². The molecule has 1 aliphatic heterocycles. The lowest BCUT2D eigenvalue weighted by molar-refractivity contribution is -0.0901. The maximum Gasteiger partial charge on any atom is 0.337 e. The second kappa shape index (κ2) is 7.79. The zero-order valence-electron chi connectivity index (χ0n) is 13.7. The zero-order chi connectivity index (χ0) is 16.1. The molecule has 1 aliphatic carbocycles. The Kier molecular flexibility index (Phi) is 5.51. The average Bonchev–Trinajstić information content (AvgIpc) is 2.62. The summed E-state index contributed by atoms with van der Waals surface area (Å²) in [4.78, 5) is 13.9. The number of fused-ring (bicyclic) bond motifs is 1. The summed E-state index contributed by atoms with van der Waals surface area (Å²) in [5.41, 5.74) is 0.540. The van der Waals surface area contributed by atoms with Crippen LogP contribution >= 0.6 is 0 Å². The smallest absolute Gasteiger partial charge is 0.337 e. The standard InChI is InChI=1S/C18H25NO4/c1-21-18(20)14-6-8-15(9-7-14)22-12-10-19-11-13-23-17-5-3-2-4-16(17)19/h6-9,16-17H,2-5,10-13H2,1H3. The molecular weight excluding hydrogens is 294 g/mol. The van der Waals surface area contributed by atoms with E-state index in [-0.39, 0.29) is 5.97 Å². The first kappa shape index (κ1) is 16.3. The van der Waals surface area contributed by atoms with Crippen molar-refractivity contribution in [1.29, 1.82) is 0 Å². The van der Waals surface area contributed by atoms with Gasteiger partial charge < -0.3 is 14.2 Å². The van der Waals surface area contributed by atoms with Crippen molar-refractivity contribution in [3.05, 3.63) is 29.8 Å². The van der Waals surface area contributed by atoms with Crippen LogP contribution in [0.4, 0.5) is 0 Å². The quantitative estimate of drug-likeness (QED) is 0.781. The fourth-order valence-electron chi connectivity index (χ4n) is 3.54. The third-order valence-electron chi connectivity index (χ3n) is 4.77. The predicted octanol–water partition coefficient (Wildman–Crippen LogP) is 2.50. The fourth-order valence-corrected chi connectivity index (χ4v) is 3.54. The highest BCUT2D eigenvalue weighted by Gasteiger charge is 2.33. The van der Waals surface area contributed by atoms with Gasteiger partial charge in [0.2, 0.25) is 0 Å². The van der Waals surface area contributed by atoms with Crippen LogP contribution in [0.25, 0.3) is 0 Å². The minimum atomic E-state index is -0.326. The molecule has 5 nitrogen and oxygen atoms in total. The lowest BCUT2D eigenvalue weighted by Gasteiger charge is -2.43. The van der Waals surface area contributed by atoms with Crippen molar-refractivity contribution in [2.75, 3.05) is 33.4 Å². The van der Waals surface area contributed by atoms with Gasteiger partial charge in [-0.05, 0) is 37.1 Å². The number of methoxy groups -OCH3 is 1. The summed E-state index contributed by atoms with van der Waals surface area (Å²) in [6.07, 6.45) is 5.43. The summed E-state index contributed by atoms with van der Waals surface area (Å²) in [5.74, 6) is 0.458. The molecule has 0 aromatic heterocycles. The molecule has 0 N–H and O–H groups in total. The number of nitrogens with zero attached hydrogens (tertiary/aromatic N) is 1. The number of benzene rings is 1. The van der Waals surface area contributed by atoms with Gasteiger partial charge in [0.15, 0.2) is 0 Å². The maximum atomic E-state index is 11.4. The Morgan fingerprint density at radius 3 is 2.83 bits per heavy atom. The first-order valence-corrected chi connectivity index (χ1v) is 8.45. The third-order valence-corrected chi connectivity index (χ3v) is 4.77. The van der Waals surface area contributed by atoms with Crippen molar-refractivity contribution in [3.8, 4) is 5.75 Å². The van der Waals surface area contributed by atoms with Gasteiger partial charge in [0, 0.05) is 19.1 Å². The van der Waals surface area contributed by atoms with Crippen molar-refractivity contribution in [2.24, 2.45) is 0 Å². The van der Waals surface area contributed by atoms with E-state index in [0.717, 1.165) is 25.4 Å². The molecule has 0 spiro atoms. The zero-order valence-corrected chi connectivity index (χ0v) is 13.7. The van der Waals surface area contributed by atoms with Gasteiger partial charge in [0.25, 0.3) is 0 Å². The van der Waals surface area contributed by atoms with Crippen molar-refractivity contribution in [1.82, 2.24) is 4.90 Å². The molecule has 0 bridgehead atoms. The Morgan fingerprint density at radius 1 is 1.26 bits per heavy atom. The normalized spacial score (nSPS) is 24.7. The molecular formula is C18H25NO4. The van der Waals surface area contributed by atoms with E-state index in [4.69, 9.17) is 9.47 Å². The summed E-state index contributed by atoms with van der Waals surface area (Å²) in [6.45, 7) is 3.39. The molecule has 1 aromatic rings. The van der Waals surface area contributed by atoms with Gasteiger partial charge in [0.05, 0.1) is 25.4 Å². The topological polar surface area (TPSA) is 48.0 Å². The van der Waals surface area contributed by atoms with Crippen LogP contribution in [0, 0.1) is 0 Å². The molecule has 0 radical (unpaired) electrons. The predicted molar refractivity (Wildman–Crippen MR) is 86.8 cm³/mol. The van der Waals surface area contributed by atoms with Crippen LogP contribution in [0.3, 0.4) is 0 Å². The monoisotopic (exact) mass is 319 g/mol. The first-order chi connectivity index (χ1) is 11.3. The summed E-state index contributed by atoms with van der Waals surface area (Å²) in [6, 6.07) is 7.65. The number of esters is 1. The van der Waals surface area contributed by atoms with Crippen LogP contribution in [-0.2, 0) is 9.47 Å². The lowest BCUT2D eigenvalue weighted by Crippen LogP contribution is -2.53. The largest absolute Gasteiger partial charge is 0.492 e. The van der Waals surface area contributed by atoms with Crippen LogP contribution in [0.15, 0.2) is 24.3 Å². The molecule has 2 unspecified atom stereocenters. The summed E-state index contributed by atoms with van der Waals surface area (Å²) in [5, 5.41) is 0. The number of rotatable bonds is 5. The molecule has 1 aromatic carbocycles. The molecule has 2 fully saturated rings. The highest BCUT2D eigenvalue weighted by atomic mass is 16.5. The van der Waals surface area contributed by atoms with Crippen LogP contribution in [0.1, 0.15) is 36.0 Å². The molecule has 23 heavy (non-hydrogen) atoms. The van der Waals surface area contributed by atoms with Crippen LogP contribution in [-0.4, -0.2) is 56.4 Å². The van der Waals surface area contributed by atoms with Crippen LogP contribution in [0.5, 0.6) is 5.75 Å². The molecule has 1 saturated carbocycles. The highest BCUT2D eigenvalue weighted by Crippen LogP contribution is 2.28. The average molecular weight is 319 g/mol. The van der Waals surface area contributed by atoms with Crippen molar-refractivity contribution in [3.63, 3.8) is 0 Å². The Bertz CT molecular complexity index is 514. The van der Waals surface area contributed by atoms with Crippen molar-refractivity contribution >= 4 is 5.97 Å². The molecule has 1 heterocycles. The summed E-state index contributed by atoms with van der Waals surface area (Å²) >= 11 is 0. The SMILES string of the molecule is COC(=O)c1ccc(OCCN2CCOC3CCCCC32)cc1. The second-order valence-corrected chi connectivity index (χ2v) is 6.16. The van der Waals surface area contributed by atoms with E-state index in [1.54, 1.807) is 12.1 Å². The first-order valence-electron chi connectivity index (χ1n) is 8.45. The Balaban J connectivity index is 1.48. The second-order valence-electron chi connectivity index (χ2n) is 6.16. The number of carbonyl (C=O) groups is 1. The van der Waals surface area contributed by atoms with Gasteiger partial charge in [-0.1, -0.05) is 12.8 Å². The van der Waals surface area contributed by atoms with E-state index in [1.807, 2.05) is 12.1 Å². The Morgan fingerprint density at radius 2 is 2.04 bits per heavy atom. The molecule has 1 saturated heterocycles. The summed E-state index contributed by atoms with van der Waals surface area (Å²) < 4.78 is 16.4. The number of hydrogen-bond donors (Lipinski definition) is 0. The minimum absolute atomic E-state index is 0.326. The number of morpholine rings is 1. The third kappa shape index (κ3) is 4.03. The highest BCUT2D eigenvalue weighted by molar-refractivity contribution is 5.89. The molecule has 0 amide bonds. The lowest BCUT2D eigenvalue weighted by atomic mass is 9.90. The van der Waals surface area contributed by atoms with Gasteiger partial charge in [-0.3, -0.25) is 4.90 Å². The Hall–Kier alpha value is -1.59. The minimum Gasteiger partial charge on any atom is -0.492 e. The summed E-state index contributed by atoms with van der Waals surface area (Å²) in [7, 11) is 1.38. The number of carbonyl (C=O) groups excluding carboxylic acids is 1. The Labute approximate surface area is 137 Å². The van der Waals surface area contributed by atoms with Crippen LogP contribution < -0.4 is 4.74 Å². The maximum absolute atomic E-state index is 11.4.